The van der Waals surface area contributed by atoms with Crippen LogP contribution in [-0.4, -0.2) is 35.9 Å². The summed E-state index contributed by atoms with van der Waals surface area (Å²) in [5, 5.41) is 18.5. The first-order valence-electron chi connectivity index (χ1n) is 9.39. The van der Waals surface area contributed by atoms with Crippen molar-refractivity contribution in [3.63, 3.8) is 0 Å². The molecule has 0 radical (unpaired) electrons. The highest BCUT2D eigenvalue weighted by atomic mass is 19.1. The summed E-state index contributed by atoms with van der Waals surface area (Å²) in [6.07, 6.45) is 3.22. The van der Waals surface area contributed by atoms with Crippen LogP contribution >= 0.6 is 0 Å². The first kappa shape index (κ1) is 19.4. The Morgan fingerprint density at radius 1 is 1.13 bits per heavy atom. The number of carbonyl (C=O) groups is 1. The van der Waals surface area contributed by atoms with Crippen LogP contribution in [0.2, 0.25) is 0 Å². The van der Waals surface area contributed by atoms with Crippen molar-refractivity contribution in [1.82, 2.24) is 35.3 Å². The SMILES string of the molecule is Cc1cc(C(=O)N[C@@H](C)c2cnn(-c3ccc(F)cc3)c2C)ccc1-n1cnnn1. The van der Waals surface area contributed by atoms with E-state index < -0.39 is 0 Å². The number of halogens is 1. The van der Waals surface area contributed by atoms with Gasteiger partial charge in [-0.25, -0.2) is 13.8 Å². The molecule has 1 N–H and O–H groups in total. The van der Waals surface area contributed by atoms with E-state index in [2.05, 4.69) is 25.9 Å². The fraction of sp³-hybridized carbons (Fsp3) is 0.190. The Kier molecular flexibility index (Phi) is 5.09. The summed E-state index contributed by atoms with van der Waals surface area (Å²) in [4.78, 5) is 12.8. The third-order valence-corrected chi connectivity index (χ3v) is 4.99. The number of benzene rings is 2. The number of rotatable bonds is 5. The van der Waals surface area contributed by atoms with Gasteiger partial charge in [0.1, 0.15) is 12.1 Å². The summed E-state index contributed by atoms with van der Waals surface area (Å²) < 4.78 is 16.5. The first-order chi connectivity index (χ1) is 14.4. The van der Waals surface area contributed by atoms with Crippen molar-refractivity contribution in [3.05, 3.63) is 83.2 Å². The summed E-state index contributed by atoms with van der Waals surface area (Å²) in [5.41, 5.74) is 4.74. The maximum Gasteiger partial charge on any atom is 0.251 e. The zero-order valence-corrected chi connectivity index (χ0v) is 16.7. The molecular formula is C21H20FN7O. The highest BCUT2D eigenvalue weighted by Crippen LogP contribution is 2.21. The second-order valence-corrected chi connectivity index (χ2v) is 7.02. The van der Waals surface area contributed by atoms with E-state index in [1.54, 1.807) is 39.8 Å². The van der Waals surface area contributed by atoms with Gasteiger partial charge in [0, 0.05) is 16.8 Å². The molecule has 0 aliphatic heterocycles. The van der Waals surface area contributed by atoms with Crippen LogP contribution in [0.5, 0.6) is 0 Å². The maximum atomic E-state index is 13.2. The summed E-state index contributed by atoms with van der Waals surface area (Å²) >= 11 is 0. The van der Waals surface area contributed by atoms with Crippen LogP contribution < -0.4 is 5.32 Å². The van der Waals surface area contributed by atoms with E-state index in [-0.39, 0.29) is 17.8 Å². The van der Waals surface area contributed by atoms with Crippen molar-refractivity contribution in [3.8, 4) is 11.4 Å². The molecule has 152 valence electrons. The molecular weight excluding hydrogens is 385 g/mol. The van der Waals surface area contributed by atoms with Crippen LogP contribution in [0.25, 0.3) is 11.4 Å². The highest BCUT2D eigenvalue weighted by molar-refractivity contribution is 5.95. The molecule has 1 amide bonds. The average molecular weight is 405 g/mol. The van der Waals surface area contributed by atoms with Gasteiger partial charge in [-0.05, 0) is 79.2 Å². The Labute approximate surface area is 172 Å². The van der Waals surface area contributed by atoms with Gasteiger partial charge in [-0.1, -0.05) is 0 Å². The molecule has 2 aromatic carbocycles. The number of nitrogens with zero attached hydrogens (tertiary/aromatic N) is 6. The molecule has 1 atom stereocenters. The van der Waals surface area contributed by atoms with E-state index in [1.807, 2.05) is 26.8 Å². The lowest BCUT2D eigenvalue weighted by Crippen LogP contribution is -2.27. The van der Waals surface area contributed by atoms with Crippen molar-refractivity contribution in [2.75, 3.05) is 0 Å². The molecule has 0 saturated carbocycles. The summed E-state index contributed by atoms with van der Waals surface area (Å²) in [7, 11) is 0. The quantitative estimate of drug-likeness (QED) is 0.551. The molecule has 0 bridgehead atoms. The number of carbonyl (C=O) groups excluding carboxylic acids is 1. The lowest BCUT2D eigenvalue weighted by Gasteiger charge is -2.15. The third-order valence-electron chi connectivity index (χ3n) is 4.99. The molecule has 2 heterocycles. The van der Waals surface area contributed by atoms with Crippen LogP contribution in [0.15, 0.2) is 55.0 Å². The highest BCUT2D eigenvalue weighted by Gasteiger charge is 2.18. The molecule has 9 heteroatoms. The molecule has 30 heavy (non-hydrogen) atoms. The Hall–Kier alpha value is -3.88. The average Bonchev–Trinajstić information content (AvgIpc) is 3.38. The largest absolute Gasteiger partial charge is 0.345 e. The Morgan fingerprint density at radius 2 is 1.90 bits per heavy atom. The van der Waals surface area contributed by atoms with Gasteiger partial charge in [0.25, 0.3) is 5.91 Å². The van der Waals surface area contributed by atoms with E-state index in [4.69, 9.17) is 0 Å². The van der Waals surface area contributed by atoms with Gasteiger partial charge in [0.05, 0.1) is 23.6 Å². The van der Waals surface area contributed by atoms with Crippen LogP contribution in [0.1, 0.15) is 40.1 Å². The number of tetrazole rings is 1. The maximum absolute atomic E-state index is 13.2. The second-order valence-electron chi connectivity index (χ2n) is 7.02. The minimum atomic E-state index is -0.300. The standard InChI is InChI=1S/C21H20FN7O/c1-13-10-16(4-9-20(13)28-12-23-26-27-28)21(30)25-14(2)19-11-24-29(15(19)3)18-7-5-17(22)6-8-18/h4-12,14H,1-3H3,(H,25,30)/t14-/m0/s1. The fourth-order valence-corrected chi connectivity index (χ4v) is 3.37. The van der Waals surface area contributed by atoms with Gasteiger partial charge in [0.15, 0.2) is 0 Å². The number of aryl methyl sites for hydroxylation is 1. The normalized spacial score (nSPS) is 12.0. The molecule has 0 saturated heterocycles. The zero-order valence-electron chi connectivity index (χ0n) is 16.7. The van der Waals surface area contributed by atoms with Gasteiger partial charge >= 0.3 is 0 Å². The molecule has 0 unspecified atom stereocenters. The van der Waals surface area contributed by atoms with E-state index in [1.165, 1.54) is 18.5 Å². The van der Waals surface area contributed by atoms with E-state index in [9.17, 15) is 9.18 Å². The summed E-state index contributed by atoms with van der Waals surface area (Å²) in [6.45, 7) is 5.72. The van der Waals surface area contributed by atoms with Crippen molar-refractivity contribution in [2.24, 2.45) is 0 Å². The van der Waals surface area contributed by atoms with E-state index in [0.717, 1.165) is 28.2 Å². The van der Waals surface area contributed by atoms with Crippen molar-refractivity contribution < 1.29 is 9.18 Å². The Morgan fingerprint density at radius 3 is 2.57 bits per heavy atom. The van der Waals surface area contributed by atoms with Crippen molar-refractivity contribution >= 4 is 5.91 Å². The lowest BCUT2D eigenvalue weighted by atomic mass is 10.1. The van der Waals surface area contributed by atoms with Crippen LogP contribution in [0, 0.1) is 19.7 Å². The lowest BCUT2D eigenvalue weighted by molar-refractivity contribution is 0.0939. The van der Waals surface area contributed by atoms with Crippen LogP contribution in [0.3, 0.4) is 0 Å². The number of hydrogen-bond acceptors (Lipinski definition) is 5. The molecule has 4 rings (SSSR count). The molecule has 0 aliphatic carbocycles. The monoisotopic (exact) mass is 405 g/mol. The van der Waals surface area contributed by atoms with Crippen LogP contribution in [0.4, 0.5) is 4.39 Å². The number of nitrogens with one attached hydrogen (secondary N) is 1. The summed E-state index contributed by atoms with van der Waals surface area (Å²) in [5.74, 6) is -0.492. The molecule has 2 aromatic heterocycles. The first-order valence-corrected chi connectivity index (χ1v) is 9.39. The second kappa shape index (κ2) is 7.86. The van der Waals surface area contributed by atoms with Gasteiger partial charge in [-0.2, -0.15) is 5.10 Å². The topological polar surface area (TPSA) is 90.5 Å². The number of hydrogen-bond donors (Lipinski definition) is 1. The van der Waals surface area contributed by atoms with Gasteiger partial charge < -0.3 is 5.32 Å². The predicted molar refractivity (Wildman–Crippen MR) is 108 cm³/mol. The van der Waals surface area contributed by atoms with Crippen molar-refractivity contribution in [1.29, 1.82) is 0 Å². The van der Waals surface area contributed by atoms with Gasteiger partial charge in [-0.3, -0.25) is 4.79 Å². The molecule has 0 fully saturated rings. The molecule has 0 spiro atoms. The Bertz CT molecular complexity index is 1180. The zero-order chi connectivity index (χ0) is 21.3. The summed E-state index contributed by atoms with van der Waals surface area (Å²) in [6, 6.07) is 11.2. The predicted octanol–water partition coefficient (Wildman–Crippen LogP) is 3.09. The molecule has 0 aliphatic rings. The smallest absolute Gasteiger partial charge is 0.251 e. The minimum Gasteiger partial charge on any atom is -0.345 e. The van der Waals surface area contributed by atoms with Crippen molar-refractivity contribution in [2.45, 2.75) is 26.8 Å². The fourth-order valence-electron chi connectivity index (χ4n) is 3.37. The van der Waals surface area contributed by atoms with E-state index in [0.29, 0.717) is 5.56 Å². The third kappa shape index (κ3) is 3.69. The van der Waals surface area contributed by atoms with E-state index >= 15 is 0 Å². The van der Waals surface area contributed by atoms with Gasteiger partial charge in [-0.15, -0.1) is 5.10 Å². The van der Waals surface area contributed by atoms with Gasteiger partial charge in [0.2, 0.25) is 0 Å². The number of amides is 1. The van der Waals surface area contributed by atoms with Crippen LogP contribution in [-0.2, 0) is 0 Å². The Balaban J connectivity index is 1.51. The number of aromatic nitrogens is 6. The molecule has 4 aromatic rings. The minimum absolute atomic E-state index is 0.192. The molecule has 8 nitrogen and oxygen atoms in total.